The minimum absolute atomic E-state index is 0.0386. The van der Waals surface area contributed by atoms with E-state index >= 15 is 0 Å². The van der Waals surface area contributed by atoms with Crippen LogP contribution in [0.3, 0.4) is 0 Å². The predicted molar refractivity (Wildman–Crippen MR) is 116 cm³/mol. The summed E-state index contributed by atoms with van der Waals surface area (Å²) in [5.74, 6) is 0.765. The average molecular weight is 417 g/mol. The third-order valence-corrected chi connectivity index (χ3v) is 6.34. The van der Waals surface area contributed by atoms with Crippen LogP contribution in [0.5, 0.6) is 0 Å². The van der Waals surface area contributed by atoms with Gasteiger partial charge in [-0.2, -0.15) is 0 Å². The molecule has 4 nitrogen and oxygen atoms in total. The maximum Gasteiger partial charge on any atom is 0.237 e. The predicted octanol–water partition coefficient (Wildman–Crippen LogP) is 4.25. The number of carbonyl (C=O) groups excluding carboxylic acids is 1. The molecule has 0 radical (unpaired) electrons. The van der Waals surface area contributed by atoms with Gasteiger partial charge in [-0.1, -0.05) is 42.0 Å². The number of halogens is 1. The second kappa shape index (κ2) is 10.8. The van der Waals surface area contributed by atoms with E-state index in [1.165, 1.54) is 23.3 Å². The molecule has 29 heavy (non-hydrogen) atoms. The van der Waals surface area contributed by atoms with Crippen molar-refractivity contribution in [3.05, 3.63) is 71.0 Å². The van der Waals surface area contributed by atoms with Crippen LogP contribution in [0.4, 0.5) is 4.39 Å². The maximum atomic E-state index is 13.3. The Morgan fingerprint density at radius 2 is 1.93 bits per heavy atom. The van der Waals surface area contributed by atoms with Crippen LogP contribution in [0.15, 0.2) is 48.5 Å². The van der Waals surface area contributed by atoms with E-state index in [4.69, 9.17) is 4.74 Å². The first-order valence-electron chi connectivity index (χ1n) is 10.00. The van der Waals surface area contributed by atoms with Crippen molar-refractivity contribution in [3.8, 4) is 0 Å². The number of hydrogen-bond acceptors (Lipinski definition) is 4. The highest BCUT2D eigenvalue weighted by Crippen LogP contribution is 2.37. The number of rotatable bonds is 9. The fourth-order valence-electron chi connectivity index (χ4n) is 3.51. The van der Waals surface area contributed by atoms with Crippen molar-refractivity contribution >= 4 is 17.7 Å². The van der Waals surface area contributed by atoms with Crippen molar-refractivity contribution < 1.29 is 13.9 Å². The molecule has 0 unspecified atom stereocenters. The molecule has 1 saturated heterocycles. The van der Waals surface area contributed by atoms with Crippen LogP contribution in [-0.2, 0) is 16.1 Å². The van der Waals surface area contributed by atoms with Crippen LogP contribution in [-0.4, -0.2) is 54.8 Å². The Hall–Kier alpha value is -1.89. The molecule has 2 aromatic rings. The summed E-state index contributed by atoms with van der Waals surface area (Å²) in [6.45, 7) is 5.38. The van der Waals surface area contributed by atoms with Gasteiger partial charge in [0.2, 0.25) is 5.91 Å². The van der Waals surface area contributed by atoms with Gasteiger partial charge in [0.25, 0.3) is 0 Å². The molecule has 156 valence electrons. The monoisotopic (exact) mass is 416 g/mol. The SMILES string of the molecule is COCCCN(CC(=O)N1CCS[C@H]1c1ccc(F)cc1)Cc1ccc(C)cc1. The Balaban J connectivity index is 1.67. The van der Waals surface area contributed by atoms with Gasteiger partial charge in [0.05, 0.1) is 6.54 Å². The quantitative estimate of drug-likeness (QED) is 0.572. The molecule has 1 atom stereocenters. The summed E-state index contributed by atoms with van der Waals surface area (Å²) < 4.78 is 18.5. The summed E-state index contributed by atoms with van der Waals surface area (Å²) in [5, 5.41) is -0.0386. The van der Waals surface area contributed by atoms with E-state index in [0.717, 1.165) is 37.4 Å². The largest absolute Gasteiger partial charge is 0.385 e. The summed E-state index contributed by atoms with van der Waals surface area (Å²) in [4.78, 5) is 17.3. The number of aryl methyl sites for hydroxylation is 1. The molecule has 3 rings (SSSR count). The maximum absolute atomic E-state index is 13.3. The second-order valence-corrected chi connectivity index (χ2v) is 8.59. The first-order chi connectivity index (χ1) is 14.1. The van der Waals surface area contributed by atoms with E-state index in [9.17, 15) is 9.18 Å². The van der Waals surface area contributed by atoms with Crippen molar-refractivity contribution in [1.82, 2.24) is 9.80 Å². The summed E-state index contributed by atoms with van der Waals surface area (Å²) in [6, 6.07) is 14.9. The topological polar surface area (TPSA) is 32.8 Å². The first-order valence-corrected chi connectivity index (χ1v) is 11.0. The van der Waals surface area contributed by atoms with E-state index in [1.54, 1.807) is 31.0 Å². The van der Waals surface area contributed by atoms with Crippen LogP contribution >= 0.6 is 11.8 Å². The number of amides is 1. The Kier molecular flexibility index (Phi) is 8.09. The Bertz CT molecular complexity index is 782. The minimum Gasteiger partial charge on any atom is -0.385 e. The van der Waals surface area contributed by atoms with Gasteiger partial charge in [0.15, 0.2) is 0 Å². The Morgan fingerprint density at radius 3 is 2.62 bits per heavy atom. The lowest BCUT2D eigenvalue weighted by molar-refractivity contribution is -0.132. The summed E-state index contributed by atoms with van der Waals surface area (Å²) in [7, 11) is 1.70. The fourth-order valence-corrected chi connectivity index (χ4v) is 4.79. The van der Waals surface area contributed by atoms with Crippen LogP contribution in [0.2, 0.25) is 0 Å². The van der Waals surface area contributed by atoms with Crippen molar-refractivity contribution in [1.29, 1.82) is 0 Å². The van der Waals surface area contributed by atoms with E-state index in [0.29, 0.717) is 13.2 Å². The Morgan fingerprint density at radius 1 is 1.21 bits per heavy atom. The minimum atomic E-state index is -0.253. The van der Waals surface area contributed by atoms with E-state index in [1.807, 2.05) is 4.90 Å². The molecule has 1 aliphatic rings. The van der Waals surface area contributed by atoms with Crippen molar-refractivity contribution in [2.24, 2.45) is 0 Å². The molecular formula is C23H29FN2O2S. The third kappa shape index (κ3) is 6.29. The molecule has 0 aromatic heterocycles. The fraction of sp³-hybridized carbons (Fsp3) is 0.435. The van der Waals surface area contributed by atoms with Crippen LogP contribution in [0.25, 0.3) is 0 Å². The summed E-state index contributed by atoms with van der Waals surface area (Å²) in [5.41, 5.74) is 3.41. The van der Waals surface area contributed by atoms with Crippen molar-refractivity contribution in [2.75, 3.05) is 39.1 Å². The zero-order valence-corrected chi connectivity index (χ0v) is 18.0. The molecule has 2 aromatic carbocycles. The van der Waals surface area contributed by atoms with Gasteiger partial charge in [0.1, 0.15) is 11.2 Å². The van der Waals surface area contributed by atoms with Gasteiger partial charge in [-0.15, -0.1) is 11.8 Å². The first kappa shape index (κ1) is 21.8. The summed E-state index contributed by atoms with van der Waals surface area (Å²) >= 11 is 1.74. The zero-order chi connectivity index (χ0) is 20.6. The molecule has 1 fully saturated rings. The molecule has 0 spiro atoms. The highest BCUT2D eigenvalue weighted by Gasteiger charge is 2.31. The van der Waals surface area contributed by atoms with Gasteiger partial charge in [-0.25, -0.2) is 4.39 Å². The van der Waals surface area contributed by atoms with Gasteiger partial charge >= 0.3 is 0 Å². The molecule has 0 N–H and O–H groups in total. The van der Waals surface area contributed by atoms with Crippen LogP contribution in [0, 0.1) is 12.7 Å². The average Bonchev–Trinajstić information content (AvgIpc) is 3.20. The van der Waals surface area contributed by atoms with Gasteiger partial charge in [-0.3, -0.25) is 9.69 Å². The standard InChI is InChI=1S/C23H29FN2O2S/c1-18-4-6-19(7-5-18)16-25(12-3-14-28-2)17-22(27)26-13-15-29-23(26)20-8-10-21(24)11-9-20/h4-11,23H,3,12-17H2,1-2H3/t23-/m0/s1. The van der Waals surface area contributed by atoms with Crippen LogP contribution in [0.1, 0.15) is 28.5 Å². The molecule has 0 aliphatic carbocycles. The van der Waals surface area contributed by atoms with Crippen molar-refractivity contribution in [3.63, 3.8) is 0 Å². The van der Waals surface area contributed by atoms with E-state index < -0.39 is 0 Å². The normalized spacial score (nSPS) is 16.6. The van der Waals surface area contributed by atoms with Gasteiger partial charge in [0, 0.05) is 39.1 Å². The number of carbonyl (C=O) groups is 1. The third-order valence-electron chi connectivity index (χ3n) is 5.07. The highest BCUT2D eigenvalue weighted by atomic mass is 32.2. The molecule has 1 heterocycles. The number of ether oxygens (including phenoxy) is 1. The van der Waals surface area contributed by atoms with E-state index in [2.05, 4.69) is 36.1 Å². The Labute approximate surface area is 177 Å². The molecule has 0 bridgehead atoms. The molecule has 1 aliphatic heterocycles. The molecular weight excluding hydrogens is 387 g/mol. The lowest BCUT2D eigenvalue weighted by Gasteiger charge is -2.28. The molecule has 6 heteroatoms. The zero-order valence-electron chi connectivity index (χ0n) is 17.1. The van der Waals surface area contributed by atoms with Gasteiger partial charge in [-0.05, 0) is 36.6 Å². The van der Waals surface area contributed by atoms with Crippen molar-refractivity contribution in [2.45, 2.75) is 25.3 Å². The lowest BCUT2D eigenvalue weighted by atomic mass is 10.1. The number of hydrogen-bond donors (Lipinski definition) is 0. The molecule has 1 amide bonds. The smallest absolute Gasteiger partial charge is 0.237 e. The second-order valence-electron chi connectivity index (χ2n) is 7.40. The number of thioether (sulfide) groups is 1. The molecule has 0 saturated carbocycles. The highest BCUT2D eigenvalue weighted by molar-refractivity contribution is 7.99. The summed E-state index contributed by atoms with van der Waals surface area (Å²) in [6.07, 6.45) is 0.881. The number of nitrogens with zero attached hydrogens (tertiary/aromatic N) is 2. The van der Waals surface area contributed by atoms with Gasteiger partial charge < -0.3 is 9.64 Å². The lowest BCUT2D eigenvalue weighted by Crippen LogP contribution is -2.40. The van der Waals surface area contributed by atoms with Crippen LogP contribution < -0.4 is 0 Å². The van der Waals surface area contributed by atoms with E-state index in [-0.39, 0.29) is 17.1 Å². The number of methoxy groups -OCH3 is 1. The number of benzene rings is 2.